The summed E-state index contributed by atoms with van der Waals surface area (Å²) >= 11 is 0. The Kier molecular flexibility index (Phi) is 5.30. The Labute approximate surface area is 154 Å². The largest absolute Gasteiger partial charge is 0.444 e. The molecule has 0 saturated carbocycles. The minimum atomic E-state index is -0.535. The lowest BCUT2D eigenvalue weighted by atomic mass is 10.2. The van der Waals surface area contributed by atoms with Crippen LogP contribution in [0.2, 0.25) is 0 Å². The van der Waals surface area contributed by atoms with Crippen molar-refractivity contribution in [2.45, 2.75) is 39.2 Å². The molecule has 0 radical (unpaired) electrons. The third-order valence-electron chi connectivity index (χ3n) is 4.02. The van der Waals surface area contributed by atoms with Gasteiger partial charge in [-0.3, -0.25) is 5.32 Å². The average Bonchev–Trinajstić information content (AvgIpc) is 3.10. The number of ether oxygens (including phenoxy) is 1. The number of nitrogens with one attached hydrogen (secondary N) is 2. The van der Waals surface area contributed by atoms with Gasteiger partial charge in [-0.25, -0.2) is 9.78 Å². The molecule has 6 heteroatoms. The van der Waals surface area contributed by atoms with Crippen molar-refractivity contribution >= 4 is 29.0 Å². The summed E-state index contributed by atoms with van der Waals surface area (Å²) < 4.78 is 5.21. The van der Waals surface area contributed by atoms with Crippen LogP contribution < -0.4 is 15.5 Å². The molecule has 0 aliphatic carbocycles. The molecule has 2 aromatic rings. The van der Waals surface area contributed by atoms with Crippen LogP contribution in [0.4, 0.5) is 27.7 Å². The SMILES string of the molecule is CC(C)(C)OC(=O)Nc1ccc(Nc2ccc(N3CCCC3)cc2)cn1. The number of hydrogen-bond donors (Lipinski definition) is 2. The van der Waals surface area contributed by atoms with Crippen molar-refractivity contribution < 1.29 is 9.53 Å². The molecule has 26 heavy (non-hydrogen) atoms. The second-order valence-electron chi connectivity index (χ2n) is 7.43. The lowest BCUT2D eigenvalue weighted by Gasteiger charge is -2.19. The van der Waals surface area contributed by atoms with E-state index < -0.39 is 11.7 Å². The first-order valence-corrected chi connectivity index (χ1v) is 8.97. The molecule has 1 aliphatic heterocycles. The van der Waals surface area contributed by atoms with Crippen LogP contribution in [-0.2, 0) is 4.74 Å². The number of amides is 1. The fourth-order valence-electron chi connectivity index (χ4n) is 2.85. The zero-order chi connectivity index (χ0) is 18.6. The second-order valence-corrected chi connectivity index (χ2v) is 7.43. The number of anilines is 4. The highest BCUT2D eigenvalue weighted by Gasteiger charge is 2.16. The van der Waals surface area contributed by atoms with E-state index in [0.717, 1.165) is 24.5 Å². The molecule has 2 heterocycles. The molecule has 0 spiro atoms. The summed E-state index contributed by atoms with van der Waals surface area (Å²) in [5, 5.41) is 5.94. The maximum atomic E-state index is 11.8. The van der Waals surface area contributed by atoms with Gasteiger partial charge in [0.25, 0.3) is 0 Å². The summed E-state index contributed by atoms with van der Waals surface area (Å²) in [5.41, 5.74) is 2.59. The molecule has 0 unspecified atom stereocenters. The first-order valence-electron chi connectivity index (χ1n) is 8.97. The molecule has 1 aromatic heterocycles. The van der Waals surface area contributed by atoms with E-state index in [1.54, 1.807) is 12.3 Å². The van der Waals surface area contributed by atoms with E-state index >= 15 is 0 Å². The molecule has 3 rings (SSSR count). The molecular formula is C20H26N4O2. The van der Waals surface area contributed by atoms with E-state index in [2.05, 4.69) is 44.8 Å². The van der Waals surface area contributed by atoms with Crippen molar-refractivity contribution in [1.29, 1.82) is 0 Å². The normalized spacial score (nSPS) is 14.2. The minimum absolute atomic E-state index is 0.453. The highest BCUT2D eigenvalue weighted by molar-refractivity contribution is 5.83. The van der Waals surface area contributed by atoms with E-state index in [1.165, 1.54) is 18.5 Å². The number of nitrogens with zero attached hydrogens (tertiary/aromatic N) is 2. The molecule has 1 saturated heterocycles. The molecule has 1 amide bonds. The second kappa shape index (κ2) is 7.64. The van der Waals surface area contributed by atoms with Crippen molar-refractivity contribution in [3.63, 3.8) is 0 Å². The van der Waals surface area contributed by atoms with Crippen molar-refractivity contribution in [2.24, 2.45) is 0 Å². The van der Waals surface area contributed by atoms with Gasteiger partial charge in [0.05, 0.1) is 11.9 Å². The van der Waals surface area contributed by atoms with Crippen LogP contribution in [0.1, 0.15) is 33.6 Å². The summed E-state index contributed by atoms with van der Waals surface area (Å²) in [6, 6.07) is 12.0. The maximum absolute atomic E-state index is 11.8. The van der Waals surface area contributed by atoms with Crippen LogP contribution >= 0.6 is 0 Å². The molecule has 6 nitrogen and oxygen atoms in total. The molecule has 1 aromatic carbocycles. The Morgan fingerprint density at radius 3 is 2.27 bits per heavy atom. The van der Waals surface area contributed by atoms with E-state index in [0.29, 0.717) is 5.82 Å². The average molecular weight is 354 g/mol. The molecular weight excluding hydrogens is 328 g/mol. The maximum Gasteiger partial charge on any atom is 0.413 e. The smallest absolute Gasteiger partial charge is 0.413 e. The molecule has 0 atom stereocenters. The third-order valence-corrected chi connectivity index (χ3v) is 4.02. The highest BCUT2D eigenvalue weighted by Crippen LogP contribution is 2.24. The van der Waals surface area contributed by atoms with Gasteiger partial charge in [0, 0.05) is 24.5 Å². The zero-order valence-electron chi connectivity index (χ0n) is 15.6. The van der Waals surface area contributed by atoms with Gasteiger partial charge in [-0.05, 0) is 70.0 Å². The molecule has 0 bridgehead atoms. The topological polar surface area (TPSA) is 66.5 Å². The van der Waals surface area contributed by atoms with E-state index in [1.807, 2.05) is 26.8 Å². The quantitative estimate of drug-likeness (QED) is 0.828. The van der Waals surface area contributed by atoms with Crippen LogP contribution in [0.25, 0.3) is 0 Å². The van der Waals surface area contributed by atoms with Gasteiger partial charge in [0.2, 0.25) is 0 Å². The van der Waals surface area contributed by atoms with Gasteiger partial charge in [-0.15, -0.1) is 0 Å². The number of hydrogen-bond acceptors (Lipinski definition) is 5. The fourth-order valence-corrected chi connectivity index (χ4v) is 2.85. The number of benzene rings is 1. The van der Waals surface area contributed by atoms with Crippen molar-refractivity contribution in [3.8, 4) is 0 Å². The van der Waals surface area contributed by atoms with Gasteiger partial charge < -0.3 is 15.0 Å². The lowest BCUT2D eigenvalue weighted by Crippen LogP contribution is -2.27. The number of rotatable bonds is 4. The summed E-state index contributed by atoms with van der Waals surface area (Å²) in [5.74, 6) is 0.453. The summed E-state index contributed by atoms with van der Waals surface area (Å²) in [7, 11) is 0. The number of carbonyl (C=O) groups is 1. The third kappa shape index (κ3) is 5.12. The van der Waals surface area contributed by atoms with Gasteiger partial charge >= 0.3 is 6.09 Å². The summed E-state index contributed by atoms with van der Waals surface area (Å²) in [6.45, 7) is 7.75. The van der Waals surface area contributed by atoms with E-state index in [-0.39, 0.29) is 0 Å². The Morgan fingerprint density at radius 2 is 1.69 bits per heavy atom. The minimum Gasteiger partial charge on any atom is -0.444 e. The van der Waals surface area contributed by atoms with Crippen LogP contribution in [0.5, 0.6) is 0 Å². The Balaban J connectivity index is 1.56. The fraction of sp³-hybridized carbons (Fsp3) is 0.400. The monoisotopic (exact) mass is 354 g/mol. The van der Waals surface area contributed by atoms with Crippen LogP contribution in [-0.4, -0.2) is 29.8 Å². The van der Waals surface area contributed by atoms with Gasteiger partial charge in [-0.1, -0.05) is 0 Å². The number of pyridine rings is 1. The van der Waals surface area contributed by atoms with Gasteiger partial charge in [0.15, 0.2) is 0 Å². The molecule has 1 fully saturated rings. The standard InChI is InChI=1S/C20H26N4O2/c1-20(2,3)26-19(25)23-18-11-8-16(14-21-18)22-15-6-9-17(10-7-15)24-12-4-5-13-24/h6-11,14,22H,4-5,12-13H2,1-3H3,(H,21,23,25). The van der Waals surface area contributed by atoms with Gasteiger partial charge in [0.1, 0.15) is 11.4 Å². The van der Waals surface area contributed by atoms with Crippen LogP contribution in [0.3, 0.4) is 0 Å². The van der Waals surface area contributed by atoms with Crippen LogP contribution in [0, 0.1) is 0 Å². The molecule has 138 valence electrons. The van der Waals surface area contributed by atoms with Gasteiger partial charge in [-0.2, -0.15) is 0 Å². The van der Waals surface area contributed by atoms with Crippen molar-refractivity contribution in [1.82, 2.24) is 4.98 Å². The first-order chi connectivity index (χ1) is 12.4. The lowest BCUT2D eigenvalue weighted by molar-refractivity contribution is 0.0635. The molecule has 1 aliphatic rings. The Morgan fingerprint density at radius 1 is 1.04 bits per heavy atom. The van der Waals surface area contributed by atoms with Crippen molar-refractivity contribution in [2.75, 3.05) is 28.6 Å². The predicted octanol–water partition coefficient (Wildman–Crippen LogP) is 4.77. The van der Waals surface area contributed by atoms with Crippen molar-refractivity contribution in [3.05, 3.63) is 42.6 Å². The summed E-state index contributed by atoms with van der Waals surface area (Å²) in [4.78, 5) is 18.4. The highest BCUT2D eigenvalue weighted by atomic mass is 16.6. The number of aromatic nitrogens is 1. The van der Waals surface area contributed by atoms with E-state index in [9.17, 15) is 4.79 Å². The summed E-state index contributed by atoms with van der Waals surface area (Å²) in [6.07, 6.45) is 3.72. The van der Waals surface area contributed by atoms with E-state index in [4.69, 9.17) is 4.74 Å². The zero-order valence-corrected chi connectivity index (χ0v) is 15.6. The molecule has 2 N–H and O–H groups in total. The first kappa shape index (κ1) is 18.0. The Bertz CT molecular complexity index is 730. The number of carbonyl (C=O) groups excluding carboxylic acids is 1. The van der Waals surface area contributed by atoms with Crippen LogP contribution in [0.15, 0.2) is 42.6 Å². The Hall–Kier alpha value is -2.76. The predicted molar refractivity (Wildman–Crippen MR) is 105 cm³/mol.